The summed E-state index contributed by atoms with van der Waals surface area (Å²) >= 11 is 1.43. The Morgan fingerprint density at radius 1 is 1.50 bits per heavy atom. The van der Waals surface area contributed by atoms with Crippen LogP contribution < -0.4 is 0 Å². The molecule has 20 heavy (non-hydrogen) atoms. The number of carbonyl (C=O) groups is 1. The van der Waals surface area contributed by atoms with Gasteiger partial charge in [-0.05, 0) is 38.8 Å². The van der Waals surface area contributed by atoms with E-state index < -0.39 is 0 Å². The molecule has 0 fully saturated rings. The fourth-order valence-electron chi connectivity index (χ4n) is 1.59. The van der Waals surface area contributed by atoms with Crippen molar-refractivity contribution in [2.24, 2.45) is 0 Å². The van der Waals surface area contributed by atoms with Crippen LogP contribution >= 0.6 is 11.3 Å². The third-order valence-electron chi connectivity index (χ3n) is 3.65. The van der Waals surface area contributed by atoms with Crippen molar-refractivity contribution in [3.8, 4) is 11.8 Å². The molecule has 3 nitrogen and oxygen atoms in total. The highest BCUT2D eigenvalue weighted by Crippen LogP contribution is 2.25. The molecule has 0 saturated carbocycles. The second-order valence-corrected chi connectivity index (χ2v) is 6.48. The lowest BCUT2D eigenvalue weighted by Crippen LogP contribution is -2.44. The predicted octanol–water partition coefficient (Wildman–Crippen LogP) is 3.05. The highest BCUT2D eigenvalue weighted by Gasteiger charge is 2.27. The van der Waals surface area contributed by atoms with Crippen LogP contribution in [-0.2, 0) is 0 Å². The Balaban J connectivity index is 2.97. The van der Waals surface area contributed by atoms with Gasteiger partial charge in [0.1, 0.15) is 0 Å². The van der Waals surface area contributed by atoms with Crippen molar-refractivity contribution in [1.29, 1.82) is 0 Å². The average molecular weight is 293 g/mol. The topological polar surface area (TPSA) is 40.5 Å². The summed E-state index contributed by atoms with van der Waals surface area (Å²) in [6.07, 6.45) is 1.37. The molecule has 0 spiro atoms. The van der Waals surface area contributed by atoms with Crippen LogP contribution in [0.5, 0.6) is 0 Å². The number of rotatable bonds is 4. The first-order valence-electron chi connectivity index (χ1n) is 6.81. The second kappa shape index (κ2) is 6.92. The van der Waals surface area contributed by atoms with Gasteiger partial charge in [-0.15, -0.1) is 11.3 Å². The zero-order valence-corrected chi connectivity index (χ0v) is 13.7. The van der Waals surface area contributed by atoms with Gasteiger partial charge in [0, 0.05) is 19.0 Å². The molecule has 110 valence electrons. The van der Waals surface area contributed by atoms with Gasteiger partial charge >= 0.3 is 0 Å². The van der Waals surface area contributed by atoms with E-state index in [0.29, 0.717) is 6.42 Å². The van der Waals surface area contributed by atoms with Crippen molar-refractivity contribution in [2.75, 3.05) is 13.7 Å². The molecule has 1 heterocycles. The molecule has 1 amide bonds. The van der Waals surface area contributed by atoms with Crippen molar-refractivity contribution in [1.82, 2.24) is 4.90 Å². The molecule has 1 rings (SSSR count). The van der Waals surface area contributed by atoms with E-state index in [1.54, 1.807) is 4.90 Å². The normalized spacial score (nSPS) is 10.9. The number of thiophene rings is 1. The van der Waals surface area contributed by atoms with E-state index in [2.05, 4.69) is 32.6 Å². The summed E-state index contributed by atoms with van der Waals surface area (Å²) in [5.74, 6) is 5.96. The molecule has 4 heteroatoms. The van der Waals surface area contributed by atoms with Crippen molar-refractivity contribution in [3.05, 3.63) is 21.4 Å². The molecular formula is C16H23NO2S. The largest absolute Gasteiger partial charge is 0.395 e. The standard InChI is InChI=1S/C16H23NO2S/c1-6-16(3,4)17(5)15(19)14-11-12(2)13(20-14)9-7-8-10-18/h11,18H,6,8,10H2,1-5H3. The van der Waals surface area contributed by atoms with Crippen LogP contribution in [0.2, 0.25) is 0 Å². The molecule has 1 N–H and O–H groups in total. The van der Waals surface area contributed by atoms with Crippen molar-refractivity contribution in [3.63, 3.8) is 0 Å². The summed E-state index contributed by atoms with van der Waals surface area (Å²) in [5, 5.41) is 8.74. The minimum absolute atomic E-state index is 0.0418. The summed E-state index contributed by atoms with van der Waals surface area (Å²) in [7, 11) is 1.85. The van der Waals surface area contributed by atoms with Crippen LogP contribution in [0, 0.1) is 18.8 Å². The SMILES string of the molecule is CCC(C)(C)N(C)C(=O)c1cc(C)c(C#CCCO)s1. The maximum atomic E-state index is 12.5. The number of amides is 1. The Morgan fingerprint density at radius 3 is 2.70 bits per heavy atom. The van der Waals surface area contributed by atoms with E-state index in [1.807, 2.05) is 20.0 Å². The minimum atomic E-state index is -0.155. The minimum Gasteiger partial charge on any atom is -0.395 e. The van der Waals surface area contributed by atoms with E-state index in [1.165, 1.54) is 11.3 Å². The molecule has 1 aromatic rings. The lowest BCUT2D eigenvalue weighted by Gasteiger charge is -2.34. The summed E-state index contributed by atoms with van der Waals surface area (Å²) in [5.41, 5.74) is 0.865. The average Bonchev–Trinajstić information content (AvgIpc) is 2.79. The maximum absolute atomic E-state index is 12.5. The van der Waals surface area contributed by atoms with Crippen LogP contribution in [-0.4, -0.2) is 35.1 Å². The van der Waals surface area contributed by atoms with Gasteiger partial charge in [-0.1, -0.05) is 18.8 Å². The highest BCUT2D eigenvalue weighted by molar-refractivity contribution is 7.14. The van der Waals surface area contributed by atoms with E-state index in [9.17, 15) is 4.79 Å². The molecular weight excluding hydrogens is 270 g/mol. The van der Waals surface area contributed by atoms with Crippen molar-refractivity contribution < 1.29 is 9.90 Å². The molecule has 0 aliphatic carbocycles. The maximum Gasteiger partial charge on any atom is 0.264 e. The third-order valence-corrected chi connectivity index (χ3v) is 4.79. The monoisotopic (exact) mass is 293 g/mol. The summed E-state index contributed by atoms with van der Waals surface area (Å²) in [6.45, 7) is 8.23. The first kappa shape index (κ1) is 16.7. The quantitative estimate of drug-likeness (QED) is 0.867. The Labute approximate surface area is 125 Å². The third kappa shape index (κ3) is 3.84. The number of carbonyl (C=O) groups excluding carboxylic acids is 1. The van der Waals surface area contributed by atoms with Gasteiger partial charge in [-0.25, -0.2) is 0 Å². The zero-order valence-electron chi connectivity index (χ0n) is 12.9. The number of aryl methyl sites for hydroxylation is 1. The van der Waals surface area contributed by atoms with Gasteiger partial charge in [-0.3, -0.25) is 4.79 Å². The number of nitrogens with zero attached hydrogens (tertiary/aromatic N) is 1. The number of hydrogen-bond donors (Lipinski definition) is 1. The number of aliphatic hydroxyl groups is 1. The van der Waals surface area contributed by atoms with Crippen LogP contribution in [0.1, 0.15) is 53.7 Å². The van der Waals surface area contributed by atoms with Gasteiger partial charge in [0.05, 0.1) is 16.4 Å². The molecule has 0 aliphatic heterocycles. The molecule has 0 saturated heterocycles. The van der Waals surface area contributed by atoms with Crippen molar-refractivity contribution in [2.45, 2.75) is 46.1 Å². The fraction of sp³-hybridized carbons (Fsp3) is 0.562. The summed E-state index contributed by atoms with van der Waals surface area (Å²) in [4.78, 5) is 15.9. The first-order chi connectivity index (χ1) is 9.33. The second-order valence-electron chi connectivity index (χ2n) is 5.43. The Hall–Kier alpha value is -1.31. The van der Waals surface area contributed by atoms with Crippen LogP contribution in [0.25, 0.3) is 0 Å². The van der Waals surface area contributed by atoms with Crippen LogP contribution in [0.15, 0.2) is 6.07 Å². The molecule has 0 atom stereocenters. The van der Waals surface area contributed by atoms with E-state index in [0.717, 1.165) is 21.7 Å². The predicted molar refractivity (Wildman–Crippen MR) is 84.1 cm³/mol. The molecule has 0 unspecified atom stereocenters. The number of aliphatic hydroxyl groups excluding tert-OH is 1. The highest BCUT2D eigenvalue weighted by atomic mass is 32.1. The molecule has 0 bridgehead atoms. The molecule has 1 aromatic heterocycles. The summed E-state index contributed by atoms with van der Waals surface area (Å²) in [6, 6.07) is 1.90. The van der Waals surface area contributed by atoms with Gasteiger partial charge in [0.25, 0.3) is 5.91 Å². The van der Waals surface area contributed by atoms with E-state index >= 15 is 0 Å². The Kier molecular flexibility index (Phi) is 5.79. The van der Waals surface area contributed by atoms with Crippen LogP contribution in [0.3, 0.4) is 0 Å². The van der Waals surface area contributed by atoms with Gasteiger partial charge < -0.3 is 10.0 Å². The van der Waals surface area contributed by atoms with Crippen LogP contribution in [0.4, 0.5) is 0 Å². The summed E-state index contributed by atoms with van der Waals surface area (Å²) < 4.78 is 0. The van der Waals surface area contributed by atoms with Gasteiger partial charge in [0.15, 0.2) is 0 Å². The fourth-order valence-corrected chi connectivity index (χ4v) is 2.61. The molecule has 0 radical (unpaired) electrons. The van der Waals surface area contributed by atoms with E-state index in [4.69, 9.17) is 5.11 Å². The Morgan fingerprint density at radius 2 is 2.15 bits per heavy atom. The first-order valence-corrected chi connectivity index (χ1v) is 7.63. The molecule has 0 aromatic carbocycles. The lowest BCUT2D eigenvalue weighted by molar-refractivity contribution is 0.0625. The number of hydrogen-bond acceptors (Lipinski definition) is 3. The smallest absolute Gasteiger partial charge is 0.264 e. The molecule has 0 aliphatic rings. The van der Waals surface area contributed by atoms with Crippen molar-refractivity contribution >= 4 is 17.2 Å². The Bertz CT molecular complexity index is 534. The zero-order chi connectivity index (χ0) is 15.3. The van der Waals surface area contributed by atoms with Gasteiger partial charge in [-0.2, -0.15) is 0 Å². The van der Waals surface area contributed by atoms with Gasteiger partial charge in [0.2, 0.25) is 0 Å². The lowest BCUT2D eigenvalue weighted by atomic mass is 10.00. The van der Waals surface area contributed by atoms with E-state index in [-0.39, 0.29) is 18.1 Å².